The summed E-state index contributed by atoms with van der Waals surface area (Å²) in [5, 5.41) is 7.55. The van der Waals surface area contributed by atoms with Gasteiger partial charge in [0.2, 0.25) is 5.91 Å². The Hall–Kier alpha value is -2.52. The third kappa shape index (κ3) is 5.01. The van der Waals surface area contributed by atoms with E-state index in [1.807, 2.05) is 20.2 Å². The number of rotatable bonds is 7. The lowest BCUT2D eigenvalue weighted by atomic mass is 10.2. The van der Waals surface area contributed by atoms with Crippen molar-refractivity contribution < 1.29 is 4.79 Å². The maximum Gasteiger partial charge on any atom is 0.261 e. The first-order valence-electron chi connectivity index (χ1n) is 8.54. The molecule has 0 radical (unpaired) electrons. The molecular weight excluding hydrogens is 412 g/mol. The van der Waals surface area contributed by atoms with Crippen LogP contribution in [0.4, 0.5) is 5.69 Å². The molecule has 3 aromatic rings. The van der Waals surface area contributed by atoms with E-state index in [-0.39, 0.29) is 24.4 Å². The molecule has 142 valence electrons. The van der Waals surface area contributed by atoms with Crippen LogP contribution < -0.4 is 10.9 Å². The smallest absolute Gasteiger partial charge is 0.261 e. The summed E-state index contributed by atoms with van der Waals surface area (Å²) in [4.78, 5) is 31.1. The molecule has 2 heterocycles. The third-order valence-corrected chi connectivity index (χ3v) is 4.55. The maximum absolute atomic E-state index is 12.5. The summed E-state index contributed by atoms with van der Waals surface area (Å²) in [6, 6.07) is 5.36. The van der Waals surface area contributed by atoms with Gasteiger partial charge in [-0.05, 0) is 32.3 Å². The average Bonchev–Trinajstić information content (AvgIpc) is 3.07. The number of amides is 1. The number of aromatic nitrogens is 4. The number of benzene rings is 1. The minimum absolute atomic E-state index is 0.161. The van der Waals surface area contributed by atoms with Gasteiger partial charge in [-0.3, -0.25) is 18.8 Å². The maximum atomic E-state index is 12.5. The third-order valence-electron chi connectivity index (χ3n) is 4.06. The second-order valence-corrected chi connectivity index (χ2v) is 7.41. The molecule has 0 aliphatic carbocycles. The molecule has 0 unspecified atom stereocenters. The molecule has 0 saturated carbocycles. The number of carbonyl (C=O) groups excluding carboxylic acids is 1. The zero-order chi connectivity index (χ0) is 19.4. The Bertz CT molecular complexity index is 1010. The topological polar surface area (TPSA) is 85.0 Å². The Balaban J connectivity index is 1.60. The van der Waals surface area contributed by atoms with Gasteiger partial charge in [0.15, 0.2) is 0 Å². The van der Waals surface area contributed by atoms with E-state index in [1.54, 1.807) is 29.2 Å². The van der Waals surface area contributed by atoms with E-state index >= 15 is 0 Å². The highest BCUT2D eigenvalue weighted by molar-refractivity contribution is 9.10. The van der Waals surface area contributed by atoms with Crippen LogP contribution in [-0.4, -0.2) is 50.8 Å². The highest BCUT2D eigenvalue weighted by Gasteiger charge is 2.08. The quantitative estimate of drug-likeness (QED) is 0.616. The van der Waals surface area contributed by atoms with Gasteiger partial charge in [0, 0.05) is 30.2 Å². The molecule has 0 bridgehead atoms. The van der Waals surface area contributed by atoms with E-state index in [1.165, 1.54) is 10.9 Å². The first-order valence-corrected chi connectivity index (χ1v) is 9.33. The summed E-state index contributed by atoms with van der Waals surface area (Å²) >= 11 is 3.36. The number of nitrogens with zero attached hydrogens (tertiary/aromatic N) is 5. The fourth-order valence-electron chi connectivity index (χ4n) is 2.59. The minimum atomic E-state index is -0.177. The van der Waals surface area contributed by atoms with Crippen molar-refractivity contribution in [2.75, 3.05) is 26.0 Å². The standard InChI is InChI=1S/C18H21BrN6O2/c1-23(2)7-8-25-11-14(10-21-25)22-17(26)5-6-24-12-20-16-4-3-13(19)9-15(16)18(24)27/h3-4,9-12H,5-8H2,1-2H3,(H,22,26). The zero-order valence-electron chi connectivity index (χ0n) is 15.2. The SMILES string of the molecule is CN(C)CCn1cc(NC(=O)CCn2cnc3ccc(Br)cc3c2=O)cn1. The molecule has 9 heteroatoms. The number of halogens is 1. The number of anilines is 1. The molecule has 0 fully saturated rings. The molecule has 1 aromatic carbocycles. The molecule has 1 N–H and O–H groups in total. The van der Waals surface area contributed by atoms with E-state index in [9.17, 15) is 9.59 Å². The number of carbonyl (C=O) groups is 1. The van der Waals surface area contributed by atoms with Gasteiger partial charge < -0.3 is 10.2 Å². The van der Waals surface area contributed by atoms with Crippen molar-refractivity contribution in [2.45, 2.75) is 19.5 Å². The molecule has 0 spiro atoms. The minimum Gasteiger partial charge on any atom is -0.323 e. The Morgan fingerprint density at radius 2 is 2.11 bits per heavy atom. The lowest BCUT2D eigenvalue weighted by molar-refractivity contribution is -0.116. The molecule has 3 rings (SSSR count). The fourth-order valence-corrected chi connectivity index (χ4v) is 2.95. The predicted molar refractivity (Wildman–Crippen MR) is 108 cm³/mol. The van der Waals surface area contributed by atoms with E-state index in [4.69, 9.17) is 0 Å². The molecule has 27 heavy (non-hydrogen) atoms. The van der Waals surface area contributed by atoms with Crippen molar-refractivity contribution >= 4 is 38.4 Å². The van der Waals surface area contributed by atoms with Gasteiger partial charge in [0.05, 0.1) is 35.7 Å². The molecular formula is C18H21BrN6O2. The number of likely N-dealkylation sites (N-methyl/N-ethyl adjacent to an activating group) is 1. The van der Waals surface area contributed by atoms with Crippen LogP contribution in [0.25, 0.3) is 10.9 Å². The number of fused-ring (bicyclic) bond motifs is 1. The van der Waals surface area contributed by atoms with Crippen LogP contribution in [0.15, 0.2) is 46.2 Å². The first-order chi connectivity index (χ1) is 12.9. The van der Waals surface area contributed by atoms with Crippen molar-refractivity contribution in [3.8, 4) is 0 Å². The van der Waals surface area contributed by atoms with Crippen molar-refractivity contribution in [2.24, 2.45) is 0 Å². The monoisotopic (exact) mass is 432 g/mol. The molecule has 0 saturated heterocycles. The van der Waals surface area contributed by atoms with Gasteiger partial charge >= 0.3 is 0 Å². The van der Waals surface area contributed by atoms with E-state index < -0.39 is 0 Å². The van der Waals surface area contributed by atoms with Gasteiger partial charge in [-0.15, -0.1) is 0 Å². The average molecular weight is 433 g/mol. The van der Waals surface area contributed by atoms with Crippen LogP contribution in [0.3, 0.4) is 0 Å². The molecule has 0 atom stereocenters. The Labute approximate surface area is 164 Å². The zero-order valence-corrected chi connectivity index (χ0v) is 16.8. The Morgan fingerprint density at radius 1 is 1.30 bits per heavy atom. The molecule has 0 aliphatic heterocycles. The number of nitrogens with one attached hydrogen (secondary N) is 1. The van der Waals surface area contributed by atoms with Gasteiger partial charge in [0.25, 0.3) is 5.56 Å². The summed E-state index contributed by atoms with van der Waals surface area (Å²) in [5.41, 5.74) is 1.12. The molecule has 2 aromatic heterocycles. The molecule has 8 nitrogen and oxygen atoms in total. The van der Waals surface area contributed by atoms with Crippen LogP contribution in [0.5, 0.6) is 0 Å². The van der Waals surface area contributed by atoms with Crippen LogP contribution in [0.1, 0.15) is 6.42 Å². The van der Waals surface area contributed by atoms with Crippen molar-refractivity contribution in [3.63, 3.8) is 0 Å². The Morgan fingerprint density at radius 3 is 2.89 bits per heavy atom. The van der Waals surface area contributed by atoms with Crippen LogP contribution in [0.2, 0.25) is 0 Å². The predicted octanol–water partition coefficient (Wildman–Crippen LogP) is 1.95. The number of aryl methyl sites for hydroxylation is 1. The molecule has 0 aliphatic rings. The summed E-state index contributed by atoms with van der Waals surface area (Å²) in [5.74, 6) is -0.177. The number of hydrogen-bond acceptors (Lipinski definition) is 5. The highest BCUT2D eigenvalue weighted by Crippen LogP contribution is 2.15. The van der Waals surface area contributed by atoms with Gasteiger partial charge in [-0.1, -0.05) is 15.9 Å². The van der Waals surface area contributed by atoms with E-state index in [2.05, 4.69) is 36.2 Å². The largest absolute Gasteiger partial charge is 0.323 e. The van der Waals surface area contributed by atoms with Crippen LogP contribution in [-0.2, 0) is 17.9 Å². The van der Waals surface area contributed by atoms with Crippen molar-refractivity contribution in [3.05, 3.63) is 51.7 Å². The van der Waals surface area contributed by atoms with Crippen molar-refractivity contribution in [1.82, 2.24) is 24.2 Å². The normalized spacial score (nSPS) is 11.3. The molecule has 1 amide bonds. The van der Waals surface area contributed by atoms with Gasteiger partial charge in [-0.25, -0.2) is 4.98 Å². The van der Waals surface area contributed by atoms with Gasteiger partial charge in [-0.2, -0.15) is 5.10 Å². The van der Waals surface area contributed by atoms with Crippen LogP contribution in [0, 0.1) is 0 Å². The second kappa shape index (κ2) is 8.45. The number of hydrogen-bond donors (Lipinski definition) is 1. The lowest BCUT2D eigenvalue weighted by Gasteiger charge is -2.08. The summed E-state index contributed by atoms with van der Waals surface area (Å²) in [6.45, 7) is 1.87. The highest BCUT2D eigenvalue weighted by atomic mass is 79.9. The first kappa shape index (κ1) is 19.2. The fraction of sp³-hybridized carbons (Fsp3) is 0.333. The van der Waals surface area contributed by atoms with E-state index in [0.717, 1.165) is 17.6 Å². The lowest BCUT2D eigenvalue weighted by Crippen LogP contribution is -2.23. The van der Waals surface area contributed by atoms with E-state index in [0.29, 0.717) is 16.6 Å². The van der Waals surface area contributed by atoms with Crippen LogP contribution >= 0.6 is 15.9 Å². The second-order valence-electron chi connectivity index (χ2n) is 6.50. The van der Waals surface area contributed by atoms with Crippen molar-refractivity contribution in [1.29, 1.82) is 0 Å². The summed E-state index contributed by atoms with van der Waals surface area (Å²) in [7, 11) is 3.99. The summed E-state index contributed by atoms with van der Waals surface area (Å²) < 4.78 is 4.05. The van der Waals surface area contributed by atoms with Gasteiger partial charge in [0.1, 0.15) is 0 Å². The Kier molecular flexibility index (Phi) is 6.02. The summed E-state index contributed by atoms with van der Waals surface area (Å²) in [6.07, 6.45) is 5.06.